The zero-order chi connectivity index (χ0) is 12.4. The van der Waals surface area contributed by atoms with E-state index in [-0.39, 0.29) is 0 Å². The fourth-order valence-electron chi connectivity index (χ4n) is 2.90. The molecule has 1 heterocycles. The molecule has 1 aliphatic rings. The van der Waals surface area contributed by atoms with E-state index < -0.39 is 0 Å². The molecule has 2 nitrogen and oxygen atoms in total. The minimum absolute atomic E-state index is 0.361. The van der Waals surface area contributed by atoms with Crippen LogP contribution in [0, 0.1) is 19.8 Å². The van der Waals surface area contributed by atoms with Gasteiger partial charge in [-0.1, -0.05) is 25.3 Å². The van der Waals surface area contributed by atoms with E-state index >= 15 is 0 Å². The molecule has 0 saturated heterocycles. The third-order valence-corrected chi connectivity index (χ3v) is 5.04. The van der Waals surface area contributed by atoms with Crippen molar-refractivity contribution < 1.29 is 0 Å². The van der Waals surface area contributed by atoms with Crippen molar-refractivity contribution in [3.8, 4) is 0 Å². The van der Waals surface area contributed by atoms with Crippen molar-refractivity contribution in [2.45, 2.75) is 52.0 Å². The van der Waals surface area contributed by atoms with Crippen LogP contribution in [0.3, 0.4) is 0 Å². The predicted octanol–water partition coefficient (Wildman–Crippen LogP) is 4.57. The summed E-state index contributed by atoms with van der Waals surface area (Å²) in [5.74, 6) is 0.714. The first-order chi connectivity index (χ1) is 8.15. The van der Waals surface area contributed by atoms with E-state index in [0.717, 1.165) is 10.2 Å². The van der Waals surface area contributed by atoms with Crippen LogP contribution in [0.1, 0.15) is 49.5 Å². The fraction of sp³-hybridized carbons (Fsp3) is 0.643. The maximum absolute atomic E-state index is 4.65. The van der Waals surface area contributed by atoms with Gasteiger partial charge >= 0.3 is 0 Å². The second-order valence-corrected chi connectivity index (χ2v) is 5.85. The Morgan fingerprint density at radius 2 is 2.00 bits per heavy atom. The first kappa shape index (κ1) is 12.9. The summed E-state index contributed by atoms with van der Waals surface area (Å²) in [6, 6.07) is 0.361. The van der Waals surface area contributed by atoms with Gasteiger partial charge in [0.15, 0.2) is 0 Å². The molecule has 17 heavy (non-hydrogen) atoms. The van der Waals surface area contributed by atoms with Crippen molar-refractivity contribution in [2.75, 3.05) is 0 Å². The summed E-state index contributed by atoms with van der Waals surface area (Å²) in [7, 11) is 0. The van der Waals surface area contributed by atoms with E-state index in [0.29, 0.717) is 12.0 Å². The molecule has 0 spiro atoms. The molecule has 1 atom stereocenters. The summed E-state index contributed by atoms with van der Waals surface area (Å²) >= 11 is 3.60. The van der Waals surface area contributed by atoms with E-state index in [2.05, 4.69) is 52.2 Å². The maximum atomic E-state index is 4.65. The molecular formula is C14H21BrN2. The molecule has 1 unspecified atom stereocenters. The lowest BCUT2D eigenvalue weighted by Gasteiger charge is -2.29. The smallest absolute Gasteiger partial charge is 0.0738 e. The highest BCUT2D eigenvalue weighted by Gasteiger charge is 2.25. The SMILES string of the molecule is C=CC(C1CCCCC1)n1nc(C)c(Br)c1C. The monoisotopic (exact) mass is 296 g/mol. The molecule has 0 aliphatic heterocycles. The van der Waals surface area contributed by atoms with Crippen LogP contribution in [-0.2, 0) is 0 Å². The molecule has 0 amide bonds. The van der Waals surface area contributed by atoms with Crippen molar-refractivity contribution in [1.82, 2.24) is 9.78 Å². The lowest BCUT2D eigenvalue weighted by atomic mass is 9.84. The molecule has 1 aliphatic carbocycles. The van der Waals surface area contributed by atoms with E-state index in [9.17, 15) is 0 Å². The third kappa shape index (κ3) is 2.49. The highest BCUT2D eigenvalue weighted by Crippen LogP contribution is 2.35. The number of nitrogens with zero attached hydrogens (tertiary/aromatic N) is 2. The average molecular weight is 297 g/mol. The molecule has 1 aromatic rings. The summed E-state index contributed by atoms with van der Waals surface area (Å²) in [5.41, 5.74) is 2.29. The number of aryl methyl sites for hydroxylation is 1. The Balaban J connectivity index is 2.27. The van der Waals surface area contributed by atoms with Gasteiger partial charge in [-0.15, -0.1) is 6.58 Å². The molecule has 0 radical (unpaired) electrons. The molecule has 3 heteroatoms. The van der Waals surface area contributed by atoms with Crippen LogP contribution >= 0.6 is 15.9 Å². The summed E-state index contributed by atoms with van der Waals surface area (Å²) in [5, 5.41) is 4.65. The predicted molar refractivity (Wildman–Crippen MR) is 75.2 cm³/mol. The second kappa shape index (κ2) is 5.38. The number of hydrogen-bond donors (Lipinski definition) is 0. The van der Waals surface area contributed by atoms with E-state index in [1.165, 1.54) is 37.8 Å². The Morgan fingerprint density at radius 3 is 2.47 bits per heavy atom. The van der Waals surface area contributed by atoms with Gasteiger partial charge in [-0.25, -0.2) is 0 Å². The van der Waals surface area contributed by atoms with E-state index in [4.69, 9.17) is 0 Å². The number of aromatic nitrogens is 2. The van der Waals surface area contributed by atoms with Crippen LogP contribution in [0.5, 0.6) is 0 Å². The Hall–Kier alpha value is -0.570. The lowest BCUT2D eigenvalue weighted by molar-refractivity contribution is 0.269. The molecule has 94 valence electrons. The van der Waals surface area contributed by atoms with Crippen LogP contribution in [0.15, 0.2) is 17.1 Å². The summed E-state index contributed by atoms with van der Waals surface area (Å²) in [4.78, 5) is 0. The molecule has 1 saturated carbocycles. The lowest BCUT2D eigenvalue weighted by Crippen LogP contribution is -2.22. The van der Waals surface area contributed by atoms with E-state index in [1.54, 1.807) is 0 Å². The van der Waals surface area contributed by atoms with Gasteiger partial charge in [-0.3, -0.25) is 4.68 Å². The topological polar surface area (TPSA) is 17.8 Å². The van der Waals surface area contributed by atoms with Gasteiger partial charge in [0, 0.05) is 0 Å². The minimum atomic E-state index is 0.361. The summed E-state index contributed by atoms with van der Waals surface area (Å²) < 4.78 is 3.29. The van der Waals surface area contributed by atoms with Gasteiger partial charge in [0.25, 0.3) is 0 Å². The number of hydrogen-bond acceptors (Lipinski definition) is 1. The van der Waals surface area contributed by atoms with Crippen LogP contribution in [0.4, 0.5) is 0 Å². The maximum Gasteiger partial charge on any atom is 0.0738 e. The quantitative estimate of drug-likeness (QED) is 0.747. The van der Waals surface area contributed by atoms with Crippen LogP contribution in [0.2, 0.25) is 0 Å². The number of halogens is 1. The molecule has 2 rings (SSSR count). The molecular weight excluding hydrogens is 276 g/mol. The first-order valence-electron chi connectivity index (χ1n) is 6.49. The largest absolute Gasteiger partial charge is 0.261 e. The van der Waals surface area contributed by atoms with Crippen molar-refractivity contribution in [3.05, 3.63) is 28.5 Å². The van der Waals surface area contributed by atoms with Gasteiger partial charge in [0.2, 0.25) is 0 Å². The standard InChI is InChI=1S/C14H21BrN2/c1-4-13(12-8-6-5-7-9-12)17-11(3)14(15)10(2)16-17/h4,12-13H,1,5-9H2,2-3H3. The number of allylic oxidation sites excluding steroid dienone is 1. The zero-order valence-electron chi connectivity index (χ0n) is 10.7. The van der Waals surface area contributed by atoms with Crippen molar-refractivity contribution in [1.29, 1.82) is 0 Å². The first-order valence-corrected chi connectivity index (χ1v) is 7.28. The average Bonchev–Trinajstić information content (AvgIpc) is 2.60. The van der Waals surface area contributed by atoms with Crippen molar-refractivity contribution in [2.24, 2.45) is 5.92 Å². The van der Waals surface area contributed by atoms with Crippen molar-refractivity contribution in [3.63, 3.8) is 0 Å². The van der Waals surface area contributed by atoms with Crippen LogP contribution in [-0.4, -0.2) is 9.78 Å². The van der Waals surface area contributed by atoms with Gasteiger partial charge in [-0.05, 0) is 48.5 Å². The second-order valence-electron chi connectivity index (χ2n) is 5.05. The summed E-state index contributed by atoms with van der Waals surface area (Å²) in [6.45, 7) is 8.20. The van der Waals surface area contributed by atoms with Gasteiger partial charge in [0.1, 0.15) is 0 Å². The Morgan fingerprint density at radius 1 is 1.35 bits per heavy atom. The zero-order valence-corrected chi connectivity index (χ0v) is 12.3. The number of rotatable bonds is 3. The molecule has 0 bridgehead atoms. The van der Waals surface area contributed by atoms with Crippen LogP contribution < -0.4 is 0 Å². The highest BCUT2D eigenvalue weighted by atomic mass is 79.9. The molecule has 0 aromatic carbocycles. The van der Waals surface area contributed by atoms with E-state index in [1.807, 2.05) is 0 Å². The van der Waals surface area contributed by atoms with Crippen LogP contribution in [0.25, 0.3) is 0 Å². The summed E-state index contributed by atoms with van der Waals surface area (Å²) in [6.07, 6.45) is 8.80. The Bertz CT molecular complexity index is 403. The third-order valence-electron chi connectivity index (χ3n) is 3.89. The molecule has 1 aromatic heterocycles. The molecule has 0 N–H and O–H groups in total. The van der Waals surface area contributed by atoms with Gasteiger partial charge < -0.3 is 0 Å². The Kier molecular flexibility index (Phi) is 4.08. The fourth-order valence-corrected chi connectivity index (χ4v) is 3.16. The van der Waals surface area contributed by atoms with Gasteiger partial charge in [0.05, 0.1) is 21.9 Å². The minimum Gasteiger partial charge on any atom is -0.261 e. The Labute approximate surface area is 112 Å². The highest BCUT2D eigenvalue weighted by molar-refractivity contribution is 9.10. The van der Waals surface area contributed by atoms with Crippen molar-refractivity contribution >= 4 is 15.9 Å². The van der Waals surface area contributed by atoms with Gasteiger partial charge in [-0.2, -0.15) is 5.10 Å². The normalized spacial score (nSPS) is 19.2. The molecule has 1 fully saturated rings.